The number of amides is 1. The Morgan fingerprint density at radius 2 is 2.06 bits per heavy atom. The summed E-state index contributed by atoms with van der Waals surface area (Å²) in [6, 6.07) is -0.210. The minimum Gasteiger partial charge on any atom is -0.337 e. The first kappa shape index (κ1) is 13.8. The van der Waals surface area contributed by atoms with Crippen LogP contribution in [0.2, 0.25) is 0 Å². The maximum absolute atomic E-state index is 12.4. The van der Waals surface area contributed by atoms with Crippen molar-refractivity contribution < 1.29 is 13.2 Å². The van der Waals surface area contributed by atoms with Gasteiger partial charge in [-0.3, -0.25) is 4.79 Å². The lowest BCUT2D eigenvalue weighted by atomic mass is 9.97. The van der Waals surface area contributed by atoms with Crippen molar-refractivity contribution in [3.8, 4) is 0 Å². The normalized spacial score (nSPS) is 36.3. The molecule has 2 rings (SSSR count). The van der Waals surface area contributed by atoms with Crippen molar-refractivity contribution in [2.45, 2.75) is 38.0 Å². The monoisotopic (exact) mass is 274 g/mol. The van der Waals surface area contributed by atoms with Crippen molar-refractivity contribution in [1.82, 2.24) is 10.2 Å². The van der Waals surface area contributed by atoms with E-state index in [0.29, 0.717) is 6.54 Å². The molecular weight excluding hydrogens is 252 g/mol. The summed E-state index contributed by atoms with van der Waals surface area (Å²) in [5.74, 6) is 0.246. The van der Waals surface area contributed by atoms with E-state index in [-0.39, 0.29) is 23.6 Å². The van der Waals surface area contributed by atoms with Crippen molar-refractivity contribution in [2.75, 3.05) is 25.4 Å². The molecule has 0 spiro atoms. The van der Waals surface area contributed by atoms with Crippen molar-refractivity contribution in [3.63, 3.8) is 0 Å². The maximum atomic E-state index is 12.4. The van der Waals surface area contributed by atoms with Crippen LogP contribution in [0.1, 0.15) is 26.7 Å². The summed E-state index contributed by atoms with van der Waals surface area (Å²) >= 11 is 0. The van der Waals surface area contributed by atoms with E-state index < -0.39 is 15.1 Å². The second kappa shape index (κ2) is 5.17. The summed E-state index contributed by atoms with van der Waals surface area (Å²) in [4.78, 5) is 14.2. The molecule has 1 amide bonds. The molecule has 2 aliphatic heterocycles. The molecule has 2 aliphatic rings. The summed E-state index contributed by atoms with van der Waals surface area (Å²) in [6.45, 7) is 5.60. The predicted molar refractivity (Wildman–Crippen MR) is 70.0 cm³/mol. The molecule has 0 radical (unpaired) electrons. The van der Waals surface area contributed by atoms with E-state index in [0.717, 1.165) is 25.9 Å². The Kier molecular flexibility index (Phi) is 3.96. The van der Waals surface area contributed by atoms with Gasteiger partial charge in [0.15, 0.2) is 9.84 Å². The van der Waals surface area contributed by atoms with Gasteiger partial charge in [0.25, 0.3) is 0 Å². The van der Waals surface area contributed by atoms with Crippen LogP contribution >= 0.6 is 0 Å². The summed E-state index contributed by atoms with van der Waals surface area (Å²) < 4.78 is 23.6. The van der Waals surface area contributed by atoms with Gasteiger partial charge in [0.2, 0.25) is 5.91 Å². The Morgan fingerprint density at radius 3 is 2.67 bits per heavy atom. The molecule has 2 fully saturated rings. The van der Waals surface area contributed by atoms with Gasteiger partial charge in [-0.1, -0.05) is 0 Å². The van der Waals surface area contributed by atoms with Crippen molar-refractivity contribution in [1.29, 1.82) is 0 Å². The molecule has 0 aromatic heterocycles. The lowest BCUT2D eigenvalue weighted by Crippen LogP contribution is -2.56. The third-order valence-corrected chi connectivity index (χ3v) is 6.56. The molecule has 0 aromatic carbocycles. The first-order valence-electron chi connectivity index (χ1n) is 6.66. The van der Waals surface area contributed by atoms with Crippen LogP contribution < -0.4 is 5.32 Å². The van der Waals surface area contributed by atoms with Crippen LogP contribution in [-0.4, -0.2) is 55.9 Å². The lowest BCUT2D eigenvalue weighted by molar-refractivity contribution is -0.138. The molecule has 6 heteroatoms. The Hall–Kier alpha value is -0.620. The van der Waals surface area contributed by atoms with Gasteiger partial charge in [0, 0.05) is 19.1 Å². The number of hydrogen-bond donors (Lipinski definition) is 1. The fraction of sp³-hybridized carbons (Fsp3) is 0.917. The van der Waals surface area contributed by atoms with Gasteiger partial charge in [-0.05, 0) is 33.2 Å². The molecule has 0 aliphatic carbocycles. The van der Waals surface area contributed by atoms with Crippen LogP contribution in [0.25, 0.3) is 0 Å². The second-order valence-corrected chi connectivity index (χ2v) is 7.87. The number of piperidine rings is 1. The van der Waals surface area contributed by atoms with Gasteiger partial charge in [-0.2, -0.15) is 0 Å². The molecule has 3 unspecified atom stereocenters. The Balaban J connectivity index is 2.07. The smallest absolute Gasteiger partial charge is 0.227 e. The zero-order valence-corrected chi connectivity index (χ0v) is 11.9. The third kappa shape index (κ3) is 2.54. The van der Waals surface area contributed by atoms with Crippen LogP contribution in [-0.2, 0) is 14.6 Å². The van der Waals surface area contributed by atoms with Crippen molar-refractivity contribution in [3.05, 3.63) is 0 Å². The van der Waals surface area contributed by atoms with Gasteiger partial charge in [-0.25, -0.2) is 8.42 Å². The highest BCUT2D eigenvalue weighted by atomic mass is 32.2. The highest BCUT2D eigenvalue weighted by Gasteiger charge is 2.39. The minimum atomic E-state index is -3.02. The highest BCUT2D eigenvalue weighted by molar-refractivity contribution is 7.92. The molecule has 0 aromatic rings. The van der Waals surface area contributed by atoms with Gasteiger partial charge < -0.3 is 10.2 Å². The topological polar surface area (TPSA) is 66.5 Å². The zero-order valence-electron chi connectivity index (χ0n) is 11.1. The average molecular weight is 274 g/mol. The van der Waals surface area contributed by atoms with E-state index in [1.807, 2.05) is 6.92 Å². The average Bonchev–Trinajstić information content (AvgIpc) is 2.37. The van der Waals surface area contributed by atoms with E-state index in [9.17, 15) is 13.2 Å². The largest absolute Gasteiger partial charge is 0.337 e. The second-order valence-electron chi connectivity index (χ2n) is 5.39. The Bertz CT molecular complexity index is 415. The fourth-order valence-electron chi connectivity index (χ4n) is 2.78. The molecule has 0 bridgehead atoms. The van der Waals surface area contributed by atoms with Crippen LogP contribution in [0.5, 0.6) is 0 Å². The van der Waals surface area contributed by atoms with Gasteiger partial charge in [-0.15, -0.1) is 0 Å². The number of rotatable bonds is 1. The van der Waals surface area contributed by atoms with Crippen molar-refractivity contribution in [2.24, 2.45) is 5.92 Å². The fourth-order valence-corrected chi connectivity index (χ4v) is 4.35. The summed E-state index contributed by atoms with van der Waals surface area (Å²) in [6.07, 6.45) is 1.93. The molecule has 18 heavy (non-hydrogen) atoms. The standard InChI is InChI=1S/C12H22N2O3S/c1-9-10(2)18(16,17)7-6-14(9)12(15)11-4-3-5-13-8-11/h9-11,13H,3-8H2,1-2H3. The van der Waals surface area contributed by atoms with E-state index >= 15 is 0 Å². The zero-order chi connectivity index (χ0) is 13.3. The first-order chi connectivity index (χ1) is 8.43. The quantitative estimate of drug-likeness (QED) is 0.732. The molecule has 5 nitrogen and oxygen atoms in total. The molecule has 0 saturated carbocycles. The van der Waals surface area contributed by atoms with Gasteiger partial charge in [0.05, 0.1) is 16.9 Å². The summed E-state index contributed by atoms with van der Waals surface area (Å²) in [5, 5.41) is 2.78. The highest BCUT2D eigenvalue weighted by Crippen LogP contribution is 2.23. The number of nitrogens with zero attached hydrogens (tertiary/aromatic N) is 1. The Labute approximate surface area is 109 Å². The number of carbonyl (C=O) groups excluding carboxylic acids is 1. The maximum Gasteiger partial charge on any atom is 0.227 e. The molecule has 3 atom stereocenters. The van der Waals surface area contributed by atoms with E-state index in [2.05, 4.69) is 5.32 Å². The first-order valence-corrected chi connectivity index (χ1v) is 8.38. The van der Waals surface area contributed by atoms with E-state index in [4.69, 9.17) is 0 Å². The molecule has 2 saturated heterocycles. The molecular formula is C12H22N2O3S. The van der Waals surface area contributed by atoms with Crippen molar-refractivity contribution >= 4 is 15.7 Å². The molecule has 1 N–H and O–H groups in total. The SMILES string of the molecule is CC1C(C)S(=O)(=O)CCN1C(=O)C1CCCNC1. The summed E-state index contributed by atoms with van der Waals surface area (Å²) in [5.41, 5.74) is 0. The Morgan fingerprint density at radius 1 is 1.33 bits per heavy atom. The molecule has 104 valence electrons. The number of hydrogen-bond acceptors (Lipinski definition) is 4. The summed E-state index contributed by atoms with van der Waals surface area (Å²) in [7, 11) is -3.02. The van der Waals surface area contributed by atoms with E-state index in [1.54, 1.807) is 11.8 Å². The number of sulfone groups is 1. The van der Waals surface area contributed by atoms with Crippen LogP contribution in [0.15, 0.2) is 0 Å². The number of nitrogens with one attached hydrogen (secondary N) is 1. The van der Waals surface area contributed by atoms with Gasteiger partial charge >= 0.3 is 0 Å². The van der Waals surface area contributed by atoms with E-state index in [1.165, 1.54) is 0 Å². The molecule has 2 heterocycles. The third-order valence-electron chi connectivity index (χ3n) is 4.28. The predicted octanol–water partition coefficient (Wildman–Crippen LogP) is 0.0200. The van der Waals surface area contributed by atoms with Crippen LogP contribution in [0, 0.1) is 5.92 Å². The van der Waals surface area contributed by atoms with Crippen LogP contribution in [0.4, 0.5) is 0 Å². The number of carbonyl (C=O) groups is 1. The van der Waals surface area contributed by atoms with Crippen LogP contribution in [0.3, 0.4) is 0 Å². The minimum absolute atomic E-state index is 0.0224. The lowest BCUT2D eigenvalue weighted by Gasteiger charge is -2.40. The van der Waals surface area contributed by atoms with Gasteiger partial charge in [0.1, 0.15) is 0 Å².